The summed E-state index contributed by atoms with van der Waals surface area (Å²) in [6.07, 6.45) is 7.37. The fourth-order valence-corrected chi connectivity index (χ4v) is 5.43. The van der Waals surface area contributed by atoms with E-state index in [4.69, 9.17) is 0 Å². The fraction of sp³-hybridized carbons (Fsp3) is 0.667. The number of nitrogens with zero attached hydrogens (tertiary/aromatic N) is 3. The van der Waals surface area contributed by atoms with Crippen molar-refractivity contribution in [3.63, 3.8) is 0 Å². The number of aryl methyl sites for hydroxylation is 1. The van der Waals surface area contributed by atoms with Crippen LogP contribution in [0.1, 0.15) is 55.1 Å². The normalized spacial score (nSPS) is 22.2. The van der Waals surface area contributed by atoms with Gasteiger partial charge in [0.2, 0.25) is 0 Å². The van der Waals surface area contributed by atoms with Gasteiger partial charge in [-0.3, -0.25) is 0 Å². The van der Waals surface area contributed by atoms with Gasteiger partial charge in [0, 0.05) is 23.3 Å². The predicted molar refractivity (Wildman–Crippen MR) is 93.1 cm³/mol. The van der Waals surface area contributed by atoms with Crippen molar-refractivity contribution in [1.82, 2.24) is 14.8 Å². The van der Waals surface area contributed by atoms with Gasteiger partial charge in [0.15, 0.2) is 0 Å². The van der Waals surface area contributed by atoms with Crippen molar-refractivity contribution in [3.05, 3.63) is 34.0 Å². The van der Waals surface area contributed by atoms with Crippen LogP contribution in [0.25, 0.3) is 0 Å². The number of hydrogen-bond donors (Lipinski definition) is 2. The molecule has 0 amide bonds. The predicted octanol–water partition coefficient (Wildman–Crippen LogP) is 2.51. The lowest BCUT2D eigenvalue weighted by Gasteiger charge is -2.53. The van der Waals surface area contributed by atoms with Crippen LogP contribution in [0.15, 0.2) is 17.5 Å². The van der Waals surface area contributed by atoms with Crippen molar-refractivity contribution in [2.45, 2.75) is 56.9 Å². The van der Waals surface area contributed by atoms with Gasteiger partial charge in [0.25, 0.3) is 0 Å². The first-order valence-electron chi connectivity index (χ1n) is 8.91. The van der Waals surface area contributed by atoms with Crippen molar-refractivity contribution in [2.75, 3.05) is 13.2 Å². The molecule has 0 atom stereocenters. The topological polar surface area (TPSA) is 71.2 Å². The maximum absolute atomic E-state index is 9.78. The zero-order chi connectivity index (χ0) is 16.6. The highest BCUT2D eigenvalue weighted by Gasteiger charge is 2.58. The quantitative estimate of drug-likeness (QED) is 0.891. The maximum Gasteiger partial charge on any atom is 0.144 e. The Morgan fingerprint density at radius 3 is 2.58 bits per heavy atom. The number of hydrogen-bond acceptors (Lipinski definition) is 5. The number of aliphatic hydroxyl groups excluding tert-OH is 2. The summed E-state index contributed by atoms with van der Waals surface area (Å²) in [6, 6.07) is 4.23. The molecule has 6 heteroatoms. The third-order valence-corrected chi connectivity index (χ3v) is 6.88. The van der Waals surface area contributed by atoms with Gasteiger partial charge in [-0.25, -0.2) is 0 Å². The highest BCUT2D eigenvalue weighted by molar-refractivity contribution is 7.10. The molecule has 0 saturated heterocycles. The first kappa shape index (κ1) is 16.2. The summed E-state index contributed by atoms with van der Waals surface area (Å²) in [5.74, 6) is 2.14. The molecule has 0 unspecified atom stereocenters. The van der Waals surface area contributed by atoms with Crippen LogP contribution in [0.3, 0.4) is 0 Å². The fourth-order valence-electron chi connectivity index (χ4n) is 4.51. The van der Waals surface area contributed by atoms with E-state index >= 15 is 0 Å². The number of fused-ring (bicyclic) bond motifs is 1. The molecule has 5 nitrogen and oxygen atoms in total. The van der Waals surface area contributed by atoms with Crippen LogP contribution in [0.4, 0.5) is 0 Å². The molecule has 1 saturated carbocycles. The minimum absolute atomic E-state index is 0.0254. The molecule has 0 radical (unpaired) electrons. The largest absolute Gasteiger partial charge is 0.396 e. The third kappa shape index (κ3) is 2.43. The van der Waals surface area contributed by atoms with Gasteiger partial charge in [0.1, 0.15) is 11.6 Å². The standard InChI is InChI=1S/C18H25N3O2S/c22-12-17(13-23)10-18(11-17,14-6-5-9-24-14)16-20-19-15-7-3-1-2-4-8-21(15)16/h5-6,9,22-23H,1-4,7-8,10-13H2. The van der Waals surface area contributed by atoms with E-state index in [2.05, 4.69) is 32.3 Å². The lowest BCUT2D eigenvalue weighted by atomic mass is 9.52. The van der Waals surface area contributed by atoms with Crippen molar-refractivity contribution < 1.29 is 10.2 Å². The minimum atomic E-state index is -0.391. The van der Waals surface area contributed by atoms with Crippen LogP contribution in [0, 0.1) is 5.41 Å². The Morgan fingerprint density at radius 1 is 1.08 bits per heavy atom. The second-order valence-corrected chi connectivity index (χ2v) is 8.43. The van der Waals surface area contributed by atoms with Crippen LogP contribution in [0.2, 0.25) is 0 Å². The Bertz CT molecular complexity index is 683. The molecule has 1 fully saturated rings. The van der Waals surface area contributed by atoms with Crippen LogP contribution < -0.4 is 0 Å². The molecule has 1 aliphatic carbocycles. The summed E-state index contributed by atoms with van der Waals surface area (Å²) >= 11 is 1.74. The summed E-state index contributed by atoms with van der Waals surface area (Å²) in [4.78, 5) is 1.28. The molecule has 0 spiro atoms. The average molecular weight is 347 g/mol. The van der Waals surface area contributed by atoms with Crippen LogP contribution in [-0.2, 0) is 18.4 Å². The molecule has 0 bridgehead atoms. The maximum atomic E-state index is 9.78. The summed E-state index contributed by atoms with van der Waals surface area (Å²) in [5, 5.41) is 30.8. The molecule has 0 aromatic carbocycles. The highest BCUT2D eigenvalue weighted by atomic mass is 32.1. The SMILES string of the molecule is OCC1(CO)CC(c2cccs2)(c2nnc3n2CCCCCC3)C1. The van der Waals surface area contributed by atoms with Gasteiger partial charge in [-0.15, -0.1) is 21.5 Å². The lowest BCUT2D eigenvalue weighted by molar-refractivity contribution is -0.0553. The molecular formula is C18H25N3O2S. The zero-order valence-electron chi connectivity index (χ0n) is 13.9. The smallest absolute Gasteiger partial charge is 0.144 e. The minimum Gasteiger partial charge on any atom is -0.396 e. The van der Waals surface area contributed by atoms with Crippen molar-refractivity contribution in [2.24, 2.45) is 5.41 Å². The molecule has 2 aromatic heterocycles. The molecule has 3 heterocycles. The molecule has 2 N–H and O–H groups in total. The summed E-state index contributed by atoms with van der Waals surface area (Å²) in [5.41, 5.74) is -0.595. The van der Waals surface area contributed by atoms with E-state index in [1.807, 2.05) is 0 Å². The van der Waals surface area contributed by atoms with Gasteiger partial charge >= 0.3 is 0 Å². The van der Waals surface area contributed by atoms with E-state index in [0.29, 0.717) is 0 Å². The Morgan fingerprint density at radius 2 is 1.88 bits per heavy atom. The van der Waals surface area contributed by atoms with Gasteiger partial charge in [-0.1, -0.05) is 18.9 Å². The number of aliphatic hydroxyl groups is 2. The Hall–Kier alpha value is -1.24. The number of aromatic nitrogens is 3. The third-order valence-electron chi connectivity index (χ3n) is 5.80. The second kappa shape index (κ2) is 6.24. The first-order chi connectivity index (χ1) is 11.7. The van der Waals surface area contributed by atoms with E-state index in [1.165, 1.54) is 30.6 Å². The molecule has 2 aliphatic rings. The van der Waals surface area contributed by atoms with Crippen LogP contribution in [0.5, 0.6) is 0 Å². The molecule has 2 aromatic rings. The van der Waals surface area contributed by atoms with Gasteiger partial charge in [-0.05, 0) is 37.1 Å². The summed E-state index contributed by atoms with van der Waals surface area (Å²) in [7, 11) is 0. The van der Waals surface area contributed by atoms with Gasteiger partial charge in [-0.2, -0.15) is 0 Å². The summed E-state index contributed by atoms with van der Waals surface area (Å²) in [6.45, 7) is 1.03. The van der Waals surface area contributed by atoms with Crippen LogP contribution >= 0.6 is 11.3 Å². The van der Waals surface area contributed by atoms with E-state index in [1.54, 1.807) is 11.3 Å². The van der Waals surface area contributed by atoms with Gasteiger partial charge < -0.3 is 14.8 Å². The Kier molecular flexibility index (Phi) is 4.22. The molecule has 1 aliphatic heterocycles. The molecule has 24 heavy (non-hydrogen) atoms. The first-order valence-corrected chi connectivity index (χ1v) is 9.79. The highest BCUT2D eigenvalue weighted by Crippen LogP contribution is 2.59. The zero-order valence-corrected chi connectivity index (χ0v) is 14.8. The van der Waals surface area contributed by atoms with Crippen molar-refractivity contribution >= 4 is 11.3 Å². The van der Waals surface area contributed by atoms with Crippen LogP contribution in [-0.4, -0.2) is 38.2 Å². The molecular weight excluding hydrogens is 322 g/mol. The second-order valence-electron chi connectivity index (χ2n) is 7.48. The average Bonchev–Trinajstić information content (AvgIpc) is 3.19. The van der Waals surface area contributed by atoms with E-state index in [-0.39, 0.29) is 18.6 Å². The Labute approximate surface area is 146 Å². The van der Waals surface area contributed by atoms with Gasteiger partial charge in [0.05, 0.1) is 18.6 Å². The summed E-state index contributed by atoms with van der Waals surface area (Å²) < 4.78 is 2.33. The van der Waals surface area contributed by atoms with Crippen molar-refractivity contribution in [3.8, 4) is 0 Å². The lowest BCUT2D eigenvalue weighted by Crippen LogP contribution is -2.55. The van der Waals surface area contributed by atoms with E-state index in [0.717, 1.165) is 37.5 Å². The number of rotatable bonds is 4. The van der Waals surface area contributed by atoms with E-state index in [9.17, 15) is 10.2 Å². The monoisotopic (exact) mass is 347 g/mol. The molecule has 130 valence electrons. The Balaban J connectivity index is 1.76. The van der Waals surface area contributed by atoms with E-state index < -0.39 is 5.41 Å². The van der Waals surface area contributed by atoms with Crippen molar-refractivity contribution in [1.29, 1.82) is 0 Å². The molecule has 4 rings (SSSR count). The number of thiophene rings is 1.